The van der Waals surface area contributed by atoms with Gasteiger partial charge in [-0.15, -0.1) is 0 Å². The molecule has 0 atom stereocenters. The summed E-state index contributed by atoms with van der Waals surface area (Å²) in [4.78, 5) is 2.33. The van der Waals surface area contributed by atoms with Gasteiger partial charge in [-0.25, -0.2) is 0 Å². The number of hydrogen-bond donors (Lipinski definition) is 0. The molecular weight excluding hydrogens is 719 g/mol. The zero-order valence-corrected chi connectivity index (χ0v) is 32.0. The first-order valence-corrected chi connectivity index (χ1v) is 20.1. The van der Waals surface area contributed by atoms with Gasteiger partial charge in [0.1, 0.15) is 22.3 Å². The predicted molar refractivity (Wildman–Crippen MR) is 247 cm³/mol. The van der Waals surface area contributed by atoms with Crippen molar-refractivity contribution in [2.24, 2.45) is 0 Å². The third-order valence-electron chi connectivity index (χ3n) is 11.9. The quantitative estimate of drug-likeness (QED) is 0.169. The second kappa shape index (κ2) is 13.4. The van der Waals surface area contributed by atoms with Crippen molar-refractivity contribution >= 4 is 82.5 Å². The van der Waals surface area contributed by atoms with Gasteiger partial charge in [-0.2, -0.15) is 0 Å². The summed E-state index contributed by atoms with van der Waals surface area (Å²) in [6, 6.07) is 75.9. The fraction of sp³-hybridized carbons (Fsp3) is 0. The molecule has 12 rings (SSSR count). The summed E-state index contributed by atoms with van der Waals surface area (Å²) in [5.41, 5.74) is 13.6. The molecule has 12 aromatic rings. The van der Waals surface area contributed by atoms with Crippen LogP contribution in [0.5, 0.6) is 0 Å². The maximum atomic E-state index is 6.81. The Morgan fingerprint density at radius 2 is 0.780 bits per heavy atom. The standard InChI is InChI=1S/C56H35NO2/c1-3-10-41-34-43(18-16-36(41)8-1)38-20-26-45(27-21-38)57(46-28-22-39(23-29-46)44-19-17-37-9-2-4-11-42(37)35-44)47-30-24-40(25-31-47)48-13-7-14-49-50-32-33-53-54(56(50)59-55(48)49)51-12-5-6-15-52(51)58-53/h1-35H. The molecule has 0 unspecified atom stereocenters. The summed E-state index contributed by atoms with van der Waals surface area (Å²) in [6.45, 7) is 0. The zero-order chi connectivity index (χ0) is 38.9. The molecule has 0 aliphatic carbocycles. The molecule has 0 spiro atoms. The molecule has 0 aliphatic rings. The third-order valence-corrected chi connectivity index (χ3v) is 11.9. The molecule has 10 aromatic carbocycles. The summed E-state index contributed by atoms with van der Waals surface area (Å²) in [6.07, 6.45) is 0. The molecule has 0 radical (unpaired) electrons. The molecule has 0 amide bonds. The molecule has 0 N–H and O–H groups in total. The Balaban J connectivity index is 0.943. The largest absolute Gasteiger partial charge is 0.456 e. The van der Waals surface area contributed by atoms with Crippen molar-refractivity contribution in [2.45, 2.75) is 0 Å². The zero-order valence-electron chi connectivity index (χ0n) is 32.0. The molecular formula is C56H35NO2. The molecule has 0 saturated carbocycles. The Morgan fingerprint density at radius 3 is 1.39 bits per heavy atom. The van der Waals surface area contributed by atoms with Crippen LogP contribution in [0.1, 0.15) is 0 Å². The van der Waals surface area contributed by atoms with Crippen molar-refractivity contribution < 1.29 is 8.83 Å². The van der Waals surface area contributed by atoms with Crippen LogP contribution in [0, 0.1) is 0 Å². The molecule has 0 saturated heterocycles. The number of anilines is 3. The van der Waals surface area contributed by atoms with E-state index in [0.29, 0.717) is 0 Å². The van der Waals surface area contributed by atoms with Gasteiger partial charge in [-0.05, 0) is 116 Å². The minimum Gasteiger partial charge on any atom is -0.456 e. The van der Waals surface area contributed by atoms with Crippen molar-refractivity contribution in [3.05, 3.63) is 212 Å². The van der Waals surface area contributed by atoms with E-state index in [1.54, 1.807) is 0 Å². The number of hydrogen-bond acceptors (Lipinski definition) is 3. The van der Waals surface area contributed by atoms with E-state index >= 15 is 0 Å². The molecule has 276 valence electrons. The van der Waals surface area contributed by atoms with E-state index in [-0.39, 0.29) is 0 Å². The van der Waals surface area contributed by atoms with Gasteiger partial charge in [0.05, 0.1) is 5.39 Å². The van der Waals surface area contributed by atoms with Crippen LogP contribution < -0.4 is 4.90 Å². The average Bonchev–Trinajstić information content (AvgIpc) is 3.88. The molecule has 2 heterocycles. The van der Waals surface area contributed by atoms with Gasteiger partial charge in [-0.1, -0.05) is 146 Å². The molecule has 2 aromatic heterocycles. The van der Waals surface area contributed by atoms with Crippen molar-refractivity contribution in [2.75, 3.05) is 4.90 Å². The fourth-order valence-corrected chi connectivity index (χ4v) is 8.87. The SMILES string of the molecule is c1ccc2cc(-c3ccc(N(c4ccc(-c5ccc6ccccc6c5)cc4)c4ccc(-c5cccc6c5oc5c6ccc6oc7ccccc7c65)cc4)cc3)ccc2c1. The third kappa shape index (κ3) is 5.59. The van der Waals surface area contributed by atoms with E-state index in [1.165, 1.54) is 43.8 Å². The van der Waals surface area contributed by atoms with Crippen LogP contribution in [0.15, 0.2) is 221 Å². The molecule has 3 nitrogen and oxygen atoms in total. The van der Waals surface area contributed by atoms with E-state index in [2.05, 4.69) is 199 Å². The highest BCUT2D eigenvalue weighted by Gasteiger charge is 2.19. The number of nitrogens with zero attached hydrogens (tertiary/aromatic N) is 1. The highest BCUT2D eigenvalue weighted by molar-refractivity contribution is 6.23. The average molecular weight is 754 g/mol. The van der Waals surface area contributed by atoms with E-state index in [0.717, 1.165) is 72.1 Å². The number of fused-ring (bicyclic) bond motifs is 9. The van der Waals surface area contributed by atoms with Crippen LogP contribution in [0.3, 0.4) is 0 Å². The summed E-state index contributed by atoms with van der Waals surface area (Å²) < 4.78 is 13.0. The van der Waals surface area contributed by atoms with Gasteiger partial charge in [0.2, 0.25) is 0 Å². The van der Waals surface area contributed by atoms with Crippen LogP contribution >= 0.6 is 0 Å². The van der Waals surface area contributed by atoms with Crippen LogP contribution in [0.4, 0.5) is 17.1 Å². The highest BCUT2D eigenvalue weighted by atomic mass is 16.3. The van der Waals surface area contributed by atoms with Gasteiger partial charge in [0, 0.05) is 38.8 Å². The molecule has 0 bridgehead atoms. The van der Waals surface area contributed by atoms with Crippen molar-refractivity contribution in [1.82, 2.24) is 0 Å². The van der Waals surface area contributed by atoms with E-state index < -0.39 is 0 Å². The first-order chi connectivity index (χ1) is 29.2. The maximum Gasteiger partial charge on any atom is 0.147 e. The van der Waals surface area contributed by atoms with Gasteiger partial charge in [0.15, 0.2) is 0 Å². The number of para-hydroxylation sites is 2. The second-order valence-corrected chi connectivity index (χ2v) is 15.3. The fourth-order valence-electron chi connectivity index (χ4n) is 8.87. The summed E-state index contributed by atoms with van der Waals surface area (Å²) >= 11 is 0. The summed E-state index contributed by atoms with van der Waals surface area (Å²) in [5.74, 6) is 0. The Hall–Kier alpha value is -7.88. The van der Waals surface area contributed by atoms with Crippen LogP contribution in [0.25, 0.3) is 98.8 Å². The maximum absolute atomic E-state index is 6.81. The van der Waals surface area contributed by atoms with Gasteiger partial charge in [0.25, 0.3) is 0 Å². The Bertz CT molecular complexity index is 3410. The van der Waals surface area contributed by atoms with Crippen LogP contribution in [-0.2, 0) is 0 Å². The number of rotatable bonds is 6. The molecule has 0 fully saturated rings. The minimum absolute atomic E-state index is 0.833. The Kier molecular flexibility index (Phi) is 7.54. The van der Waals surface area contributed by atoms with E-state index in [9.17, 15) is 0 Å². The normalized spacial score (nSPS) is 11.7. The summed E-state index contributed by atoms with van der Waals surface area (Å²) in [7, 11) is 0. The number of benzene rings is 10. The molecule has 59 heavy (non-hydrogen) atoms. The van der Waals surface area contributed by atoms with Gasteiger partial charge >= 0.3 is 0 Å². The Morgan fingerprint density at radius 1 is 0.288 bits per heavy atom. The Labute approximate surface area is 340 Å². The minimum atomic E-state index is 0.833. The first-order valence-electron chi connectivity index (χ1n) is 20.1. The van der Waals surface area contributed by atoms with Gasteiger partial charge in [-0.3, -0.25) is 0 Å². The molecule has 0 aliphatic heterocycles. The smallest absolute Gasteiger partial charge is 0.147 e. The monoisotopic (exact) mass is 753 g/mol. The lowest BCUT2D eigenvalue weighted by molar-refractivity contribution is 0.663. The highest BCUT2D eigenvalue weighted by Crippen LogP contribution is 2.43. The van der Waals surface area contributed by atoms with Crippen molar-refractivity contribution in [3.8, 4) is 33.4 Å². The molecule has 3 heteroatoms. The predicted octanol–water partition coefficient (Wildman–Crippen LogP) is 16.3. The van der Waals surface area contributed by atoms with Gasteiger partial charge < -0.3 is 13.7 Å². The van der Waals surface area contributed by atoms with Crippen molar-refractivity contribution in [1.29, 1.82) is 0 Å². The first kappa shape index (κ1) is 33.3. The second-order valence-electron chi connectivity index (χ2n) is 15.3. The lowest BCUT2D eigenvalue weighted by Gasteiger charge is -2.26. The van der Waals surface area contributed by atoms with Crippen molar-refractivity contribution in [3.63, 3.8) is 0 Å². The van der Waals surface area contributed by atoms with Crippen LogP contribution in [0.2, 0.25) is 0 Å². The lowest BCUT2D eigenvalue weighted by atomic mass is 9.99. The topological polar surface area (TPSA) is 29.5 Å². The van der Waals surface area contributed by atoms with E-state index in [1.807, 2.05) is 18.2 Å². The van der Waals surface area contributed by atoms with Crippen LogP contribution in [-0.4, -0.2) is 0 Å². The van der Waals surface area contributed by atoms with E-state index in [4.69, 9.17) is 8.83 Å². The lowest BCUT2D eigenvalue weighted by Crippen LogP contribution is -2.09. The number of furan rings is 2. The summed E-state index contributed by atoms with van der Waals surface area (Å²) in [5, 5.41) is 9.23.